The SMILES string of the molecule is N#Cc1cccc(-c2nc(-c3cccc4c3oc3c4ccc4c(-c5ccccc5)nc5ccccc5c43)nc(-n3c4ccccc4c4ccccc43)n2)c1. The molecule has 0 bridgehead atoms. The third-order valence-corrected chi connectivity index (χ3v) is 10.3. The minimum atomic E-state index is 0.456. The van der Waals surface area contributed by atoms with Gasteiger partial charge in [0, 0.05) is 48.8 Å². The summed E-state index contributed by atoms with van der Waals surface area (Å²) < 4.78 is 9.11. The first-order valence-electron chi connectivity index (χ1n) is 17.7. The van der Waals surface area contributed by atoms with Crippen molar-refractivity contribution in [1.29, 1.82) is 5.26 Å². The van der Waals surface area contributed by atoms with Gasteiger partial charge in [0.2, 0.25) is 5.95 Å². The molecule has 250 valence electrons. The lowest BCUT2D eigenvalue weighted by atomic mass is 9.97. The monoisotopic (exact) mass is 690 g/mol. The Balaban J connectivity index is 1.22. The molecule has 7 aromatic carbocycles. The van der Waals surface area contributed by atoms with Gasteiger partial charge in [0.05, 0.1) is 39.4 Å². The van der Waals surface area contributed by atoms with Crippen LogP contribution in [0.2, 0.25) is 0 Å². The summed E-state index contributed by atoms with van der Waals surface area (Å²) in [6, 6.07) is 55.1. The van der Waals surface area contributed by atoms with E-state index in [0.29, 0.717) is 28.7 Å². The van der Waals surface area contributed by atoms with E-state index in [0.717, 1.165) is 82.2 Å². The van der Waals surface area contributed by atoms with Crippen LogP contribution in [0.5, 0.6) is 0 Å². The number of nitrogens with zero attached hydrogens (tertiary/aromatic N) is 6. The van der Waals surface area contributed by atoms with Crippen molar-refractivity contribution in [2.75, 3.05) is 0 Å². The van der Waals surface area contributed by atoms with Gasteiger partial charge in [0.1, 0.15) is 11.2 Å². The Morgan fingerprint density at radius 1 is 0.481 bits per heavy atom. The van der Waals surface area contributed by atoms with E-state index in [1.54, 1.807) is 6.07 Å². The molecule has 54 heavy (non-hydrogen) atoms. The molecule has 0 aliphatic heterocycles. The minimum Gasteiger partial charge on any atom is -0.455 e. The highest BCUT2D eigenvalue weighted by Gasteiger charge is 2.22. The van der Waals surface area contributed by atoms with Crippen molar-refractivity contribution in [3.63, 3.8) is 0 Å². The first-order valence-corrected chi connectivity index (χ1v) is 17.7. The highest BCUT2D eigenvalue weighted by atomic mass is 16.3. The number of benzene rings is 7. The summed E-state index contributed by atoms with van der Waals surface area (Å²) in [5.41, 5.74) is 8.25. The second-order valence-corrected chi connectivity index (χ2v) is 13.3. The molecule has 7 nitrogen and oxygen atoms in total. The molecule has 0 N–H and O–H groups in total. The first-order chi connectivity index (χ1) is 26.7. The van der Waals surface area contributed by atoms with Gasteiger partial charge in [-0.1, -0.05) is 115 Å². The second-order valence-electron chi connectivity index (χ2n) is 13.3. The number of nitriles is 1. The smallest absolute Gasteiger partial charge is 0.238 e. The quantitative estimate of drug-likeness (QED) is 0.171. The van der Waals surface area contributed by atoms with E-state index in [9.17, 15) is 5.26 Å². The number of furan rings is 1. The van der Waals surface area contributed by atoms with Gasteiger partial charge in [-0.2, -0.15) is 15.2 Å². The first kappa shape index (κ1) is 30.0. The van der Waals surface area contributed by atoms with E-state index in [1.165, 1.54) is 0 Å². The summed E-state index contributed by atoms with van der Waals surface area (Å²) in [5.74, 6) is 1.39. The summed E-state index contributed by atoms with van der Waals surface area (Å²) in [6.07, 6.45) is 0. The molecule has 0 saturated heterocycles. The van der Waals surface area contributed by atoms with Gasteiger partial charge in [-0.25, -0.2) is 9.97 Å². The Labute approximate surface area is 308 Å². The van der Waals surface area contributed by atoms with Gasteiger partial charge < -0.3 is 4.42 Å². The van der Waals surface area contributed by atoms with Gasteiger partial charge in [0.25, 0.3) is 0 Å². The summed E-state index contributed by atoms with van der Waals surface area (Å²) >= 11 is 0. The zero-order valence-electron chi connectivity index (χ0n) is 28.6. The number of rotatable bonds is 4. The van der Waals surface area contributed by atoms with Crippen molar-refractivity contribution >= 4 is 65.4 Å². The molecule has 7 heteroatoms. The topological polar surface area (TPSA) is 93.4 Å². The number of hydrogen-bond donors (Lipinski definition) is 0. The van der Waals surface area contributed by atoms with Gasteiger partial charge in [-0.3, -0.25) is 4.57 Å². The number of fused-ring (bicyclic) bond motifs is 10. The molecule has 0 aliphatic rings. The molecule has 11 rings (SSSR count). The lowest BCUT2D eigenvalue weighted by Gasteiger charge is -2.11. The van der Waals surface area contributed by atoms with Crippen molar-refractivity contribution < 1.29 is 4.42 Å². The van der Waals surface area contributed by atoms with Gasteiger partial charge in [-0.05, 0) is 42.5 Å². The fourth-order valence-corrected chi connectivity index (χ4v) is 7.86. The van der Waals surface area contributed by atoms with Crippen molar-refractivity contribution in [2.24, 2.45) is 0 Å². The molecule has 4 aromatic heterocycles. The van der Waals surface area contributed by atoms with Crippen molar-refractivity contribution in [2.45, 2.75) is 0 Å². The summed E-state index contributed by atoms with van der Waals surface area (Å²) in [4.78, 5) is 20.5. The average Bonchev–Trinajstić information content (AvgIpc) is 3.80. The van der Waals surface area contributed by atoms with Crippen molar-refractivity contribution in [1.82, 2.24) is 24.5 Å². The third kappa shape index (κ3) is 4.47. The van der Waals surface area contributed by atoms with Crippen molar-refractivity contribution in [3.8, 4) is 46.1 Å². The van der Waals surface area contributed by atoms with E-state index in [4.69, 9.17) is 24.4 Å². The predicted molar refractivity (Wildman–Crippen MR) is 215 cm³/mol. The van der Waals surface area contributed by atoms with Gasteiger partial charge >= 0.3 is 0 Å². The van der Waals surface area contributed by atoms with E-state index >= 15 is 0 Å². The largest absolute Gasteiger partial charge is 0.455 e. The van der Waals surface area contributed by atoms with E-state index < -0.39 is 0 Å². The van der Waals surface area contributed by atoms with E-state index in [-0.39, 0.29) is 0 Å². The molecule has 0 atom stereocenters. The standard InChI is InChI=1S/C47H26N6O/c48-27-28-12-10-15-30(26-28)45-50-46(52-47(51-45)53-39-22-8-5-16-31(39)32-17-6-9-23-40(32)53)37-20-11-19-33-34-24-25-36-41(44(34)54-43(33)37)35-18-4-7-21-38(35)49-42(36)29-13-2-1-3-14-29/h1-26H. The maximum atomic E-state index is 9.77. The predicted octanol–water partition coefficient (Wildman–Crippen LogP) is 11.4. The molecule has 0 aliphatic carbocycles. The van der Waals surface area contributed by atoms with Crippen LogP contribution >= 0.6 is 0 Å². The third-order valence-electron chi connectivity index (χ3n) is 10.3. The molecule has 0 fully saturated rings. The molecule has 0 unspecified atom stereocenters. The van der Waals surface area contributed by atoms with Crippen LogP contribution in [-0.4, -0.2) is 24.5 Å². The van der Waals surface area contributed by atoms with Crippen LogP contribution in [0.4, 0.5) is 0 Å². The van der Waals surface area contributed by atoms with Crippen LogP contribution in [0.25, 0.3) is 105 Å². The van der Waals surface area contributed by atoms with Crippen LogP contribution in [0.3, 0.4) is 0 Å². The van der Waals surface area contributed by atoms with Crippen LogP contribution in [0.15, 0.2) is 162 Å². The van der Waals surface area contributed by atoms with Gasteiger partial charge in [-0.15, -0.1) is 0 Å². The Morgan fingerprint density at radius 2 is 1.11 bits per heavy atom. The van der Waals surface area contributed by atoms with E-state index in [2.05, 4.69) is 77.4 Å². The molecule has 0 saturated carbocycles. The average molecular weight is 691 g/mol. The molecule has 11 aromatic rings. The Morgan fingerprint density at radius 3 is 1.91 bits per heavy atom. The summed E-state index contributed by atoms with van der Waals surface area (Å²) in [7, 11) is 0. The lowest BCUT2D eigenvalue weighted by Crippen LogP contribution is -2.06. The molecule has 0 spiro atoms. The number of pyridine rings is 1. The minimum absolute atomic E-state index is 0.456. The number of hydrogen-bond acceptors (Lipinski definition) is 6. The fourth-order valence-electron chi connectivity index (χ4n) is 7.86. The van der Waals surface area contributed by atoms with Crippen LogP contribution in [-0.2, 0) is 0 Å². The maximum Gasteiger partial charge on any atom is 0.238 e. The maximum absolute atomic E-state index is 9.77. The van der Waals surface area contributed by atoms with Gasteiger partial charge in [0.15, 0.2) is 11.6 Å². The highest BCUT2D eigenvalue weighted by molar-refractivity contribution is 6.25. The zero-order chi connectivity index (χ0) is 35.8. The fraction of sp³-hybridized carbons (Fsp3) is 0. The Kier molecular flexibility index (Phi) is 6.48. The lowest BCUT2D eigenvalue weighted by molar-refractivity contribution is 0.673. The molecule has 4 heterocycles. The number of para-hydroxylation sites is 4. The Bertz CT molecular complexity index is 3300. The van der Waals surface area contributed by atoms with Crippen molar-refractivity contribution in [3.05, 3.63) is 163 Å². The summed E-state index contributed by atoms with van der Waals surface area (Å²) in [5, 5.41) is 17.0. The number of aromatic nitrogens is 5. The zero-order valence-corrected chi connectivity index (χ0v) is 28.6. The molecule has 0 radical (unpaired) electrons. The van der Waals surface area contributed by atoms with Crippen LogP contribution in [0.1, 0.15) is 5.56 Å². The molecular weight excluding hydrogens is 665 g/mol. The second kappa shape index (κ2) is 11.7. The van der Waals surface area contributed by atoms with E-state index in [1.807, 2.05) is 84.9 Å². The Hall–Kier alpha value is -7.69. The summed E-state index contributed by atoms with van der Waals surface area (Å²) in [6.45, 7) is 0. The van der Waals surface area contributed by atoms with Crippen LogP contribution < -0.4 is 0 Å². The van der Waals surface area contributed by atoms with Crippen LogP contribution in [0, 0.1) is 11.3 Å². The molecular formula is C47H26N6O. The normalized spacial score (nSPS) is 11.7. The molecule has 0 amide bonds. The highest BCUT2D eigenvalue weighted by Crippen LogP contribution is 2.43.